The second-order valence-electron chi connectivity index (χ2n) is 4.64. The van der Waals surface area contributed by atoms with E-state index in [0.29, 0.717) is 23.6 Å². The Kier molecular flexibility index (Phi) is 4.49. The van der Waals surface area contributed by atoms with Gasteiger partial charge in [-0.15, -0.1) is 0 Å². The lowest BCUT2D eigenvalue weighted by molar-refractivity contribution is 0.0612. The Hall–Kier alpha value is -1.47. The van der Waals surface area contributed by atoms with Gasteiger partial charge in [0.25, 0.3) is 5.91 Å². The van der Waals surface area contributed by atoms with Crippen molar-refractivity contribution in [2.45, 2.75) is 19.4 Å². The number of hydrogen-bond acceptors (Lipinski definition) is 4. The SMILES string of the molecule is CCC(C(N)=S)N1CCN(C(=O)c2cn[nH]c2)CC1. The van der Waals surface area contributed by atoms with E-state index in [2.05, 4.69) is 22.0 Å². The molecule has 3 N–H and O–H groups in total. The minimum atomic E-state index is 0.0248. The van der Waals surface area contributed by atoms with Crippen LogP contribution in [0.2, 0.25) is 0 Å². The summed E-state index contributed by atoms with van der Waals surface area (Å²) in [5, 5.41) is 6.46. The number of hydrogen-bond donors (Lipinski definition) is 2. The molecule has 7 heteroatoms. The molecule has 1 aliphatic rings. The number of carbonyl (C=O) groups excluding carboxylic acids is 1. The third kappa shape index (κ3) is 3.10. The van der Waals surface area contributed by atoms with Gasteiger partial charge in [0.2, 0.25) is 0 Å². The lowest BCUT2D eigenvalue weighted by Gasteiger charge is -2.38. The topological polar surface area (TPSA) is 78.2 Å². The van der Waals surface area contributed by atoms with Crippen LogP contribution in [0.15, 0.2) is 12.4 Å². The first-order chi connectivity index (χ1) is 9.13. The molecule has 2 rings (SSSR count). The van der Waals surface area contributed by atoms with Crippen molar-refractivity contribution in [2.24, 2.45) is 5.73 Å². The van der Waals surface area contributed by atoms with Crippen LogP contribution in [0.4, 0.5) is 0 Å². The molecule has 6 nitrogen and oxygen atoms in total. The molecule has 0 aromatic carbocycles. The van der Waals surface area contributed by atoms with Crippen LogP contribution in [0, 0.1) is 0 Å². The van der Waals surface area contributed by atoms with Crippen LogP contribution < -0.4 is 5.73 Å². The summed E-state index contributed by atoms with van der Waals surface area (Å²) in [6, 6.07) is 0.140. The number of carbonyl (C=O) groups is 1. The predicted octanol–water partition coefficient (Wildman–Crippen LogP) is 0.232. The van der Waals surface area contributed by atoms with Gasteiger partial charge in [0, 0.05) is 32.4 Å². The number of piperazine rings is 1. The standard InChI is InChI=1S/C12H19N5OS/c1-2-10(11(13)19)16-3-5-17(6-4-16)12(18)9-7-14-15-8-9/h7-8,10H,2-6H2,1H3,(H2,13,19)(H,14,15). The van der Waals surface area contributed by atoms with Gasteiger partial charge in [0.15, 0.2) is 0 Å². The fraction of sp³-hybridized carbons (Fsp3) is 0.583. The Morgan fingerprint density at radius 2 is 2.21 bits per heavy atom. The third-order valence-corrected chi connectivity index (χ3v) is 3.77. The maximum absolute atomic E-state index is 12.1. The first-order valence-corrected chi connectivity index (χ1v) is 6.85. The zero-order valence-corrected chi connectivity index (χ0v) is 11.8. The fourth-order valence-corrected chi connectivity index (χ4v) is 2.74. The highest BCUT2D eigenvalue weighted by Gasteiger charge is 2.27. The number of nitrogens with one attached hydrogen (secondary N) is 1. The average Bonchev–Trinajstić information content (AvgIpc) is 2.93. The van der Waals surface area contributed by atoms with Gasteiger partial charge < -0.3 is 10.6 Å². The van der Waals surface area contributed by atoms with Gasteiger partial charge in [-0.1, -0.05) is 19.1 Å². The highest BCUT2D eigenvalue weighted by molar-refractivity contribution is 7.80. The molecule has 0 bridgehead atoms. The molecule has 0 radical (unpaired) electrons. The maximum Gasteiger partial charge on any atom is 0.257 e. The maximum atomic E-state index is 12.1. The van der Waals surface area contributed by atoms with E-state index in [-0.39, 0.29) is 11.9 Å². The minimum Gasteiger partial charge on any atom is -0.392 e. The number of aromatic nitrogens is 2. The molecule has 1 fully saturated rings. The normalized spacial score (nSPS) is 18.3. The minimum absolute atomic E-state index is 0.0248. The molecule has 1 amide bonds. The van der Waals surface area contributed by atoms with Crippen LogP contribution in [0.5, 0.6) is 0 Å². The molecule has 0 saturated carbocycles. The van der Waals surface area contributed by atoms with E-state index in [9.17, 15) is 4.79 Å². The van der Waals surface area contributed by atoms with Gasteiger partial charge in [-0.3, -0.25) is 14.8 Å². The summed E-state index contributed by atoms with van der Waals surface area (Å²) in [7, 11) is 0. The summed E-state index contributed by atoms with van der Waals surface area (Å²) >= 11 is 5.09. The second kappa shape index (κ2) is 6.12. The molecule has 104 valence electrons. The van der Waals surface area contributed by atoms with E-state index in [4.69, 9.17) is 18.0 Å². The average molecular weight is 281 g/mol. The van der Waals surface area contributed by atoms with E-state index in [1.54, 1.807) is 12.4 Å². The van der Waals surface area contributed by atoms with Gasteiger partial charge in [0.05, 0.1) is 22.8 Å². The van der Waals surface area contributed by atoms with E-state index in [1.165, 1.54) is 0 Å². The first-order valence-electron chi connectivity index (χ1n) is 6.45. The second-order valence-corrected chi connectivity index (χ2v) is 5.11. The van der Waals surface area contributed by atoms with Gasteiger partial charge in [-0.2, -0.15) is 5.10 Å². The number of H-pyrrole nitrogens is 1. The molecule has 2 heterocycles. The number of nitrogens with zero attached hydrogens (tertiary/aromatic N) is 3. The van der Waals surface area contributed by atoms with Crippen LogP contribution in [0.3, 0.4) is 0 Å². The van der Waals surface area contributed by atoms with Crippen molar-refractivity contribution in [3.05, 3.63) is 18.0 Å². The Morgan fingerprint density at radius 3 is 2.68 bits per heavy atom. The monoisotopic (exact) mass is 281 g/mol. The Balaban J connectivity index is 1.92. The van der Waals surface area contributed by atoms with Crippen molar-refractivity contribution < 1.29 is 4.79 Å². The molecule has 1 unspecified atom stereocenters. The van der Waals surface area contributed by atoms with E-state index >= 15 is 0 Å². The molecule has 1 atom stereocenters. The van der Waals surface area contributed by atoms with Gasteiger partial charge in [-0.25, -0.2) is 0 Å². The first kappa shape index (κ1) is 14.0. The molecular weight excluding hydrogens is 262 g/mol. The smallest absolute Gasteiger partial charge is 0.257 e. The highest BCUT2D eigenvalue weighted by atomic mass is 32.1. The molecule has 0 spiro atoms. The van der Waals surface area contributed by atoms with Crippen LogP contribution in [-0.4, -0.2) is 63.1 Å². The lowest BCUT2D eigenvalue weighted by atomic mass is 10.1. The Labute approximate surface area is 117 Å². The van der Waals surface area contributed by atoms with Crippen molar-refractivity contribution in [1.82, 2.24) is 20.0 Å². The summed E-state index contributed by atoms with van der Waals surface area (Å²) < 4.78 is 0. The van der Waals surface area contributed by atoms with Crippen LogP contribution in [0.25, 0.3) is 0 Å². The van der Waals surface area contributed by atoms with E-state index in [1.807, 2.05) is 4.90 Å². The van der Waals surface area contributed by atoms with Crippen molar-refractivity contribution in [3.63, 3.8) is 0 Å². The molecule has 1 aliphatic heterocycles. The summed E-state index contributed by atoms with van der Waals surface area (Å²) in [5.74, 6) is 0.0248. The van der Waals surface area contributed by atoms with Crippen molar-refractivity contribution in [1.29, 1.82) is 0 Å². The van der Waals surface area contributed by atoms with Crippen molar-refractivity contribution >= 4 is 23.1 Å². The summed E-state index contributed by atoms with van der Waals surface area (Å²) in [6.45, 7) is 5.08. The Morgan fingerprint density at radius 1 is 1.53 bits per heavy atom. The molecule has 1 saturated heterocycles. The van der Waals surface area contributed by atoms with Crippen molar-refractivity contribution in [2.75, 3.05) is 26.2 Å². The van der Waals surface area contributed by atoms with E-state index in [0.717, 1.165) is 19.5 Å². The number of aromatic amines is 1. The van der Waals surface area contributed by atoms with Crippen LogP contribution in [-0.2, 0) is 0 Å². The summed E-state index contributed by atoms with van der Waals surface area (Å²) in [4.78, 5) is 16.8. The molecule has 0 aliphatic carbocycles. The lowest BCUT2D eigenvalue weighted by Crippen LogP contribution is -2.54. The highest BCUT2D eigenvalue weighted by Crippen LogP contribution is 2.12. The summed E-state index contributed by atoms with van der Waals surface area (Å²) in [6.07, 6.45) is 4.09. The van der Waals surface area contributed by atoms with Crippen LogP contribution >= 0.6 is 12.2 Å². The van der Waals surface area contributed by atoms with Gasteiger partial charge in [-0.05, 0) is 6.42 Å². The molecule has 1 aromatic rings. The quantitative estimate of drug-likeness (QED) is 0.773. The van der Waals surface area contributed by atoms with Crippen LogP contribution in [0.1, 0.15) is 23.7 Å². The summed E-state index contributed by atoms with van der Waals surface area (Å²) in [5.41, 5.74) is 6.35. The molecule has 19 heavy (non-hydrogen) atoms. The zero-order chi connectivity index (χ0) is 13.8. The predicted molar refractivity (Wildman–Crippen MR) is 76.9 cm³/mol. The van der Waals surface area contributed by atoms with Crippen molar-refractivity contribution in [3.8, 4) is 0 Å². The number of thiocarbonyl (C=S) groups is 1. The van der Waals surface area contributed by atoms with Gasteiger partial charge in [0.1, 0.15) is 0 Å². The Bertz CT molecular complexity index is 439. The largest absolute Gasteiger partial charge is 0.392 e. The zero-order valence-electron chi connectivity index (χ0n) is 11.0. The fourth-order valence-electron chi connectivity index (χ4n) is 2.43. The molecular formula is C12H19N5OS. The van der Waals surface area contributed by atoms with E-state index < -0.39 is 0 Å². The number of nitrogens with two attached hydrogens (primary N) is 1. The molecule has 1 aromatic heterocycles. The van der Waals surface area contributed by atoms with Gasteiger partial charge >= 0.3 is 0 Å². The number of rotatable bonds is 4. The third-order valence-electron chi connectivity index (χ3n) is 3.50. The number of amides is 1.